The van der Waals surface area contributed by atoms with Gasteiger partial charge in [0.25, 0.3) is 5.91 Å². The molecular weight excluding hydrogens is 258 g/mol. The minimum atomic E-state index is -0.510. The van der Waals surface area contributed by atoms with Gasteiger partial charge in [0.05, 0.1) is 12.8 Å². The molecule has 0 radical (unpaired) electrons. The van der Waals surface area contributed by atoms with Crippen molar-refractivity contribution in [2.45, 2.75) is 25.8 Å². The third-order valence-electron chi connectivity index (χ3n) is 3.23. The molecule has 6 heteroatoms. The molecule has 0 bridgehead atoms. The maximum Gasteiger partial charge on any atom is 0.252 e. The number of hydrogen-bond acceptors (Lipinski definition) is 4. The Bertz CT molecular complexity index is 539. The Morgan fingerprint density at radius 1 is 1.35 bits per heavy atom. The highest BCUT2D eigenvalue weighted by Gasteiger charge is 2.37. The van der Waals surface area contributed by atoms with Crippen LogP contribution < -0.4 is 11.1 Å². The van der Waals surface area contributed by atoms with E-state index in [1.165, 1.54) is 4.90 Å². The monoisotopic (exact) mass is 275 g/mol. The second-order valence-electron chi connectivity index (χ2n) is 4.72. The van der Waals surface area contributed by atoms with E-state index in [-0.39, 0.29) is 30.6 Å². The van der Waals surface area contributed by atoms with Crippen LogP contribution in [0, 0.1) is 0 Å². The molecule has 1 heterocycles. The van der Waals surface area contributed by atoms with Crippen LogP contribution in [0.2, 0.25) is 0 Å². The Labute approximate surface area is 116 Å². The van der Waals surface area contributed by atoms with Gasteiger partial charge in [-0.05, 0) is 24.6 Å². The predicted octanol–water partition coefficient (Wildman–Crippen LogP) is 0.274. The van der Waals surface area contributed by atoms with Crippen LogP contribution in [0.4, 0.5) is 5.69 Å². The van der Waals surface area contributed by atoms with Gasteiger partial charge in [-0.3, -0.25) is 19.3 Å². The first kappa shape index (κ1) is 14.0. The number of imide groups is 1. The maximum absolute atomic E-state index is 11.9. The summed E-state index contributed by atoms with van der Waals surface area (Å²) in [6.45, 7) is 2.17. The number of anilines is 1. The first-order valence-electron chi connectivity index (χ1n) is 6.49. The van der Waals surface area contributed by atoms with Gasteiger partial charge in [0, 0.05) is 12.2 Å². The molecule has 1 saturated heterocycles. The Morgan fingerprint density at radius 2 is 2.00 bits per heavy atom. The number of nitrogens with zero attached hydrogens (tertiary/aromatic N) is 1. The van der Waals surface area contributed by atoms with E-state index < -0.39 is 6.04 Å². The third-order valence-corrected chi connectivity index (χ3v) is 3.23. The average molecular weight is 275 g/mol. The van der Waals surface area contributed by atoms with Crippen molar-refractivity contribution in [1.82, 2.24) is 4.90 Å². The van der Waals surface area contributed by atoms with Crippen LogP contribution >= 0.6 is 0 Å². The number of benzene rings is 1. The zero-order chi connectivity index (χ0) is 14.7. The second kappa shape index (κ2) is 5.73. The first-order chi connectivity index (χ1) is 9.51. The topological polar surface area (TPSA) is 92.5 Å². The van der Waals surface area contributed by atoms with Crippen molar-refractivity contribution in [2.24, 2.45) is 5.73 Å². The summed E-state index contributed by atoms with van der Waals surface area (Å²) >= 11 is 0. The number of primary amides is 1. The van der Waals surface area contributed by atoms with Crippen LogP contribution in [0.1, 0.15) is 18.9 Å². The van der Waals surface area contributed by atoms with Crippen molar-refractivity contribution in [3.8, 4) is 0 Å². The molecular formula is C14H17N3O3. The van der Waals surface area contributed by atoms with Crippen molar-refractivity contribution in [2.75, 3.05) is 11.9 Å². The van der Waals surface area contributed by atoms with Crippen molar-refractivity contribution in [1.29, 1.82) is 0 Å². The molecule has 0 saturated carbocycles. The fraction of sp³-hybridized carbons (Fsp3) is 0.357. The molecule has 0 spiro atoms. The summed E-state index contributed by atoms with van der Waals surface area (Å²) in [5, 5.41) is 3.04. The molecule has 1 aromatic rings. The minimum Gasteiger partial charge on any atom is -0.373 e. The van der Waals surface area contributed by atoms with Gasteiger partial charge in [-0.25, -0.2) is 0 Å². The second-order valence-corrected chi connectivity index (χ2v) is 4.72. The molecule has 1 aromatic carbocycles. The summed E-state index contributed by atoms with van der Waals surface area (Å²) in [4.78, 5) is 35.6. The van der Waals surface area contributed by atoms with E-state index in [0.29, 0.717) is 6.54 Å². The highest BCUT2D eigenvalue weighted by Crippen LogP contribution is 2.18. The number of hydrogen-bond donors (Lipinski definition) is 2. The number of nitrogens with two attached hydrogens (primary N) is 1. The van der Waals surface area contributed by atoms with Gasteiger partial charge < -0.3 is 11.1 Å². The summed E-state index contributed by atoms with van der Waals surface area (Å²) in [6, 6.07) is 6.57. The fourth-order valence-corrected chi connectivity index (χ4v) is 2.25. The van der Waals surface area contributed by atoms with Crippen molar-refractivity contribution >= 4 is 23.4 Å². The molecule has 1 aliphatic rings. The predicted molar refractivity (Wildman–Crippen MR) is 73.8 cm³/mol. The number of likely N-dealkylation sites (tertiary alicyclic amines) is 1. The van der Waals surface area contributed by atoms with E-state index in [4.69, 9.17) is 5.73 Å². The Kier molecular flexibility index (Phi) is 4.02. The summed E-state index contributed by atoms with van der Waals surface area (Å²) in [5.74, 6) is -0.736. The van der Waals surface area contributed by atoms with Crippen molar-refractivity contribution in [3.63, 3.8) is 0 Å². The molecule has 3 N–H and O–H groups in total. The lowest BCUT2D eigenvalue weighted by Gasteiger charge is -2.14. The molecule has 20 heavy (non-hydrogen) atoms. The summed E-state index contributed by atoms with van der Waals surface area (Å²) in [7, 11) is 0. The first-order valence-corrected chi connectivity index (χ1v) is 6.49. The summed E-state index contributed by atoms with van der Waals surface area (Å²) in [6.07, 6.45) is 0.362. The Hall–Kier alpha value is -2.37. The van der Waals surface area contributed by atoms with Crippen LogP contribution in [-0.4, -0.2) is 35.2 Å². The number of amides is 3. The van der Waals surface area contributed by atoms with E-state index in [9.17, 15) is 14.4 Å². The highest BCUT2D eigenvalue weighted by molar-refractivity contribution is 6.06. The third kappa shape index (κ3) is 2.96. The minimum absolute atomic E-state index is 0.152. The average Bonchev–Trinajstić information content (AvgIpc) is 2.66. The zero-order valence-electron chi connectivity index (χ0n) is 11.3. The normalized spacial score (nSPS) is 18.4. The van der Waals surface area contributed by atoms with E-state index in [2.05, 4.69) is 5.32 Å². The Morgan fingerprint density at radius 3 is 2.50 bits per heavy atom. The van der Waals surface area contributed by atoms with Crippen LogP contribution in [0.3, 0.4) is 0 Å². The number of likely N-dealkylation sites (N-methyl/N-ethyl adjacent to an activating group) is 1. The smallest absolute Gasteiger partial charge is 0.252 e. The van der Waals surface area contributed by atoms with Crippen molar-refractivity contribution < 1.29 is 14.4 Å². The van der Waals surface area contributed by atoms with E-state index in [1.54, 1.807) is 31.2 Å². The number of nitrogens with one attached hydrogen (secondary N) is 1. The van der Waals surface area contributed by atoms with Gasteiger partial charge in [-0.1, -0.05) is 12.1 Å². The van der Waals surface area contributed by atoms with Gasteiger partial charge >= 0.3 is 0 Å². The molecule has 1 atom stereocenters. The zero-order valence-corrected chi connectivity index (χ0v) is 11.3. The lowest BCUT2D eigenvalue weighted by Crippen LogP contribution is -2.34. The summed E-state index contributed by atoms with van der Waals surface area (Å²) < 4.78 is 0. The van der Waals surface area contributed by atoms with E-state index >= 15 is 0 Å². The van der Waals surface area contributed by atoms with Gasteiger partial charge in [0.15, 0.2) is 0 Å². The molecule has 0 aromatic heterocycles. The number of carbonyl (C=O) groups is 3. The Balaban J connectivity index is 2.02. The molecule has 0 aliphatic carbocycles. The van der Waals surface area contributed by atoms with Crippen LogP contribution in [-0.2, 0) is 20.8 Å². The van der Waals surface area contributed by atoms with Crippen LogP contribution in [0.25, 0.3) is 0 Å². The van der Waals surface area contributed by atoms with E-state index in [0.717, 1.165) is 11.3 Å². The largest absolute Gasteiger partial charge is 0.373 e. The quantitative estimate of drug-likeness (QED) is 0.755. The molecule has 2 rings (SSSR count). The molecule has 3 amide bonds. The number of rotatable bonds is 5. The SMILES string of the molecule is CCN1C(=O)C[C@H](Nc2ccc(CC(N)=O)cc2)C1=O. The van der Waals surface area contributed by atoms with E-state index in [1.807, 2.05) is 0 Å². The van der Waals surface area contributed by atoms with Gasteiger partial charge in [0.2, 0.25) is 11.8 Å². The van der Waals surface area contributed by atoms with Gasteiger partial charge in [0.1, 0.15) is 6.04 Å². The highest BCUT2D eigenvalue weighted by atomic mass is 16.2. The molecule has 1 fully saturated rings. The fourth-order valence-electron chi connectivity index (χ4n) is 2.25. The molecule has 106 valence electrons. The standard InChI is InChI=1S/C14H17N3O3/c1-2-17-13(19)8-11(14(17)20)16-10-5-3-9(4-6-10)7-12(15)18/h3-6,11,16H,2,7-8H2,1H3,(H2,15,18)/t11-/m0/s1. The molecule has 1 aliphatic heterocycles. The van der Waals surface area contributed by atoms with Gasteiger partial charge in [-0.2, -0.15) is 0 Å². The molecule has 0 unspecified atom stereocenters. The van der Waals surface area contributed by atoms with Crippen LogP contribution in [0.15, 0.2) is 24.3 Å². The lowest BCUT2D eigenvalue weighted by molar-refractivity contribution is -0.138. The summed E-state index contributed by atoms with van der Waals surface area (Å²) in [5.41, 5.74) is 6.67. The lowest BCUT2D eigenvalue weighted by atomic mass is 10.1. The maximum atomic E-state index is 11.9. The number of carbonyl (C=O) groups excluding carboxylic acids is 3. The molecule has 6 nitrogen and oxygen atoms in total. The van der Waals surface area contributed by atoms with Crippen LogP contribution in [0.5, 0.6) is 0 Å². The van der Waals surface area contributed by atoms with Gasteiger partial charge in [-0.15, -0.1) is 0 Å². The van der Waals surface area contributed by atoms with Crippen molar-refractivity contribution in [3.05, 3.63) is 29.8 Å².